The zero-order valence-corrected chi connectivity index (χ0v) is 16.4. The van der Waals surface area contributed by atoms with E-state index in [0.717, 1.165) is 0 Å². The van der Waals surface area contributed by atoms with Crippen LogP contribution in [0.1, 0.15) is 36.8 Å². The number of nitrogens with two attached hydrogens (primary N) is 1. The Morgan fingerprint density at radius 3 is 2.54 bits per heavy atom. The van der Waals surface area contributed by atoms with Crippen molar-refractivity contribution in [3.63, 3.8) is 0 Å². The van der Waals surface area contributed by atoms with Crippen molar-refractivity contribution in [1.82, 2.24) is 14.5 Å². The Bertz CT molecular complexity index is 996. The number of aryl methyl sites for hydroxylation is 1. The molecule has 3 rings (SSSR count). The van der Waals surface area contributed by atoms with Crippen LogP contribution >= 0.6 is 0 Å². The highest BCUT2D eigenvalue weighted by atomic mass is 19.1. The van der Waals surface area contributed by atoms with E-state index in [2.05, 4.69) is 15.3 Å². The summed E-state index contributed by atoms with van der Waals surface area (Å²) in [6.07, 6.45) is 3.08. The summed E-state index contributed by atoms with van der Waals surface area (Å²) in [5.74, 6) is -1.23. The normalized spacial score (nSPS) is 21.4. The summed E-state index contributed by atoms with van der Waals surface area (Å²) in [5, 5.41) is 2.70. The smallest absolute Gasteiger partial charge is 0.275 e. The van der Waals surface area contributed by atoms with Crippen molar-refractivity contribution in [3.05, 3.63) is 47.8 Å². The second kappa shape index (κ2) is 6.43. The van der Waals surface area contributed by atoms with Crippen molar-refractivity contribution < 1.29 is 14.0 Å². The molecular formula is C19H23FN6O2. The van der Waals surface area contributed by atoms with Gasteiger partial charge in [0.15, 0.2) is 5.96 Å². The predicted molar refractivity (Wildman–Crippen MR) is 103 cm³/mol. The van der Waals surface area contributed by atoms with Crippen LogP contribution in [-0.2, 0) is 17.4 Å². The average molecular weight is 386 g/mol. The van der Waals surface area contributed by atoms with Crippen molar-refractivity contribution in [2.45, 2.75) is 26.3 Å². The van der Waals surface area contributed by atoms with Gasteiger partial charge in [-0.2, -0.15) is 0 Å². The number of hydrogen-bond acceptors (Lipinski definition) is 5. The van der Waals surface area contributed by atoms with E-state index in [4.69, 9.17) is 5.73 Å². The highest BCUT2D eigenvalue weighted by Gasteiger charge is 2.53. The maximum Gasteiger partial charge on any atom is 0.275 e. The van der Waals surface area contributed by atoms with Gasteiger partial charge >= 0.3 is 0 Å². The number of benzene rings is 1. The lowest BCUT2D eigenvalue weighted by Crippen LogP contribution is -2.58. The summed E-state index contributed by atoms with van der Waals surface area (Å²) in [5.41, 5.74) is 4.35. The van der Waals surface area contributed by atoms with Gasteiger partial charge in [0.25, 0.3) is 5.91 Å². The maximum atomic E-state index is 14.8. The quantitative estimate of drug-likeness (QED) is 0.839. The number of rotatable bonds is 3. The summed E-state index contributed by atoms with van der Waals surface area (Å²) in [6.45, 7) is 5.05. The number of halogens is 1. The maximum absolute atomic E-state index is 14.8. The average Bonchev–Trinajstić information content (AvgIpc) is 3.07. The summed E-state index contributed by atoms with van der Waals surface area (Å²) < 4.78 is 16.4. The summed E-state index contributed by atoms with van der Waals surface area (Å²) in [4.78, 5) is 34.8. The lowest BCUT2D eigenvalue weighted by atomic mass is 9.67. The van der Waals surface area contributed by atoms with Crippen molar-refractivity contribution in [2.75, 3.05) is 12.4 Å². The zero-order chi connectivity index (χ0) is 20.9. The van der Waals surface area contributed by atoms with Gasteiger partial charge in [-0.05, 0) is 39.0 Å². The van der Waals surface area contributed by atoms with Crippen molar-refractivity contribution in [3.8, 4) is 0 Å². The van der Waals surface area contributed by atoms with Gasteiger partial charge in [0.2, 0.25) is 5.91 Å². The number of carbonyl (C=O) groups is 2. The first-order valence-corrected chi connectivity index (χ1v) is 8.70. The molecule has 3 N–H and O–H groups in total. The van der Waals surface area contributed by atoms with E-state index in [1.54, 1.807) is 38.6 Å². The van der Waals surface area contributed by atoms with E-state index in [9.17, 15) is 14.0 Å². The van der Waals surface area contributed by atoms with E-state index < -0.39 is 22.7 Å². The van der Waals surface area contributed by atoms with Crippen LogP contribution in [0.4, 0.5) is 10.1 Å². The van der Waals surface area contributed by atoms with E-state index in [1.165, 1.54) is 36.5 Å². The molecule has 1 aromatic carbocycles. The van der Waals surface area contributed by atoms with Gasteiger partial charge in [-0.1, -0.05) is 0 Å². The highest BCUT2D eigenvalue weighted by molar-refractivity contribution is 6.03. The number of nitrogens with zero attached hydrogens (tertiary/aromatic N) is 4. The van der Waals surface area contributed by atoms with Crippen LogP contribution in [-0.4, -0.2) is 39.3 Å². The molecule has 0 fully saturated rings. The van der Waals surface area contributed by atoms with Crippen molar-refractivity contribution in [2.24, 2.45) is 23.2 Å². The minimum atomic E-state index is -1.25. The van der Waals surface area contributed by atoms with Gasteiger partial charge < -0.3 is 15.6 Å². The predicted octanol–water partition coefficient (Wildman–Crippen LogP) is 1.84. The summed E-state index contributed by atoms with van der Waals surface area (Å²) in [6, 6.07) is 4.16. The molecule has 0 saturated carbocycles. The van der Waals surface area contributed by atoms with Crippen LogP contribution in [0.2, 0.25) is 0 Å². The van der Waals surface area contributed by atoms with Crippen molar-refractivity contribution >= 4 is 23.5 Å². The Balaban J connectivity index is 2.04. The first-order valence-electron chi connectivity index (χ1n) is 8.70. The number of guanidine groups is 1. The molecule has 2 amide bonds. The topological polar surface area (TPSA) is 106 Å². The van der Waals surface area contributed by atoms with Gasteiger partial charge in [0.1, 0.15) is 17.1 Å². The molecule has 0 saturated heterocycles. The number of aromatic nitrogens is 2. The van der Waals surface area contributed by atoms with E-state index in [1.807, 2.05) is 0 Å². The molecule has 148 valence electrons. The highest BCUT2D eigenvalue weighted by Crippen LogP contribution is 2.47. The van der Waals surface area contributed by atoms with Crippen LogP contribution in [0.3, 0.4) is 0 Å². The number of hydrogen-bond donors (Lipinski definition) is 2. The first-order chi connectivity index (χ1) is 13.0. The number of aliphatic imine (C=N–C) groups is 1. The molecule has 0 aliphatic carbocycles. The molecule has 28 heavy (non-hydrogen) atoms. The molecule has 0 unspecified atom stereocenters. The Morgan fingerprint density at radius 1 is 1.25 bits per heavy atom. The Kier molecular flexibility index (Phi) is 4.49. The number of nitrogens with one attached hydrogen (secondary N) is 1. The molecule has 0 radical (unpaired) electrons. The molecule has 0 spiro atoms. The summed E-state index contributed by atoms with van der Waals surface area (Å²) in [7, 11) is 3.28. The molecule has 0 bridgehead atoms. The Hall–Kier alpha value is -3.23. The van der Waals surface area contributed by atoms with Gasteiger partial charge in [-0.15, -0.1) is 0 Å². The van der Waals surface area contributed by atoms with Gasteiger partial charge in [0, 0.05) is 31.5 Å². The fourth-order valence-corrected chi connectivity index (χ4v) is 3.27. The molecule has 1 atom stereocenters. The molecule has 1 aliphatic rings. The largest absolute Gasteiger partial charge is 0.369 e. The molecule has 8 nitrogen and oxygen atoms in total. The van der Waals surface area contributed by atoms with Crippen LogP contribution in [0, 0.1) is 11.2 Å². The minimum absolute atomic E-state index is 0.00847. The van der Waals surface area contributed by atoms with Crippen molar-refractivity contribution in [1.29, 1.82) is 0 Å². The Morgan fingerprint density at radius 2 is 1.93 bits per heavy atom. The fourth-order valence-electron chi connectivity index (χ4n) is 3.27. The van der Waals surface area contributed by atoms with Crippen LogP contribution < -0.4 is 11.1 Å². The van der Waals surface area contributed by atoms with E-state index >= 15 is 0 Å². The van der Waals surface area contributed by atoms with Gasteiger partial charge in [-0.25, -0.2) is 14.4 Å². The zero-order valence-electron chi connectivity index (χ0n) is 16.4. The molecule has 1 aromatic heterocycles. The fraction of sp³-hybridized carbons (Fsp3) is 0.368. The standard InChI is InChI=1S/C19H23FN6O2/c1-18(2)16(28)26(5)17(21)24-19(18,3)12-8-11(6-7-13(12)20)23-15(27)14-9-25(4)10-22-14/h6-10H,1-5H3,(H2,21,24)(H,23,27)/t19-/m1/s1. The van der Waals surface area contributed by atoms with E-state index in [0.29, 0.717) is 5.69 Å². The van der Waals surface area contributed by atoms with Gasteiger partial charge in [0.05, 0.1) is 11.7 Å². The number of imidazole rings is 1. The number of anilines is 1. The molecule has 1 aliphatic heterocycles. The van der Waals surface area contributed by atoms with Crippen LogP contribution in [0.15, 0.2) is 35.7 Å². The Labute approximate surface area is 162 Å². The van der Waals surface area contributed by atoms with Crippen LogP contribution in [0.25, 0.3) is 0 Å². The third-order valence-electron chi connectivity index (χ3n) is 5.42. The molecule has 2 aromatic rings. The third kappa shape index (κ3) is 2.92. The first kappa shape index (κ1) is 19.5. The van der Waals surface area contributed by atoms with Gasteiger partial charge in [-0.3, -0.25) is 14.5 Å². The molecule has 2 heterocycles. The second-order valence-electron chi connectivity index (χ2n) is 7.60. The molecular weight excluding hydrogens is 363 g/mol. The second-order valence-corrected chi connectivity index (χ2v) is 7.60. The number of carbonyl (C=O) groups excluding carboxylic acids is 2. The SMILES string of the molecule is CN1C(=O)C(C)(C)[C@@](C)(c2cc(NC(=O)c3cn(C)cn3)ccc2F)N=C1N. The van der Waals surface area contributed by atoms with Crippen LogP contribution in [0.5, 0.6) is 0 Å². The minimum Gasteiger partial charge on any atom is -0.369 e. The third-order valence-corrected chi connectivity index (χ3v) is 5.42. The van der Waals surface area contributed by atoms with E-state index in [-0.39, 0.29) is 23.1 Å². The lowest BCUT2D eigenvalue weighted by molar-refractivity contribution is -0.140. The number of amides is 2. The monoisotopic (exact) mass is 386 g/mol. The lowest BCUT2D eigenvalue weighted by Gasteiger charge is -2.46. The summed E-state index contributed by atoms with van der Waals surface area (Å²) >= 11 is 0. The molecule has 9 heteroatoms.